The largest absolute Gasteiger partial charge is 0.354 e. The number of carbonyl (C=O) groups excluding carboxylic acids is 1. The van der Waals surface area contributed by atoms with Gasteiger partial charge in [-0.1, -0.05) is 35.5 Å². The number of rotatable bonds is 7. The maximum atomic E-state index is 12.3. The Bertz CT molecular complexity index is 912. The first-order chi connectivity index (χ1) is 12.2. The molecule has 0 saturated carbocycles. The molecule has 128 valence electrons. The van der Waals surface area contributed by atoms with Crippen LogP contribution in [0, 0.1) is 0 Å². The number of fused-ring (bicyclic) bond motifs is 1. The average molecular weight is 354 g/mol. The third-order valence-corrected chi connectivity index (χ3v) is 4.68. The Labute approximate surface area is 149 Å². The average Bonchev–Trinajstić information content (AvgIpc) is 2.65. The highest BCUT2D eigenvalue weighted by Gasteiger charge is 2.08. The van der Waals surface area contributed by atoms with Crippen molar-refractivity contribution in [1.29, 1.82) is 0 Å². The van der Waals surface area contributed by atoms with Crippen molar-refractivity contribution in [3.05, 3.63) is 65.0 Å². The quantitative estimate of drug-likeness (QED) is 0.519. The minimum Gasteiger partial charge on any atom is -0.354 e. The zero-order valence-electron chi connectivity index (χ0n) is 13.6. The smallest absolute Gasteiger partial charge is 0.278 e. The number of hydrogen-bond acceptors (Lipinski definition) is 5. The maximum Gasteiger partial charge on any atom is 0.278 e. The Morgan fingerprint density at radius 3 is 2.68 bits per heavy atom. The number of hydrogen-bond donors (Lipinski definition) is 1. The lowest BCUT2D eigenvalue weighted by Crippen LogP contribution is -2.34. The van der Waals surface area contributed by atoms with Gasteiger partial charge in [0.15, 0.2) is 0 Å². The molecular formula is C18H18N4O2S. The van der Waals surface area contributed by atoms with Gasteiger partial charge in [-0.25, -0.2) is 4.68 Å². The van der Waals surface area contributed by atoms with E-state index in [9.17, 15) is 9.59 Å². The van der Waals surface area contributed by atoms with Gasteiger partial charge in [0, 0.05) is 11.4 Å². The summed E-state index contributed by atoms with van der Waals surface area (Å²) in [6.07, 6.45) is 0.851. The normalized spacial score (nSPS) is 10.7. The molecule has 1 heterocycles. The Kier molecular flexibility index (Phi) is 5.79. The summed E-state index contributed by atoms with van der Waals surface area (Å²) in [7, 11) is 0. The van der Waals surface area contributed by atoms with E-state index in [2.05, 4.69) is 27.8 Å². The van der Waals surface area contributed by atoms with E-state index < -0.39 is 0 Å². The van der Waals surface area contributed by atoms with Crippen LogP contribution in [0.2, 0.25) is 0 Å². The van der Waals surface area contributed by atoms with E-state index in [-0.39, 0.29) is 18.0 Å². The molecule has 0 aliphatic carbocycles. The fourth-order valence-electron chi connectivity index (χ4n) is 2.33. The van der Waals surface area contributed by atoms with Gasteiger partial charge in [-0.05, 0) is 36.4 Å². The van der Waals surface area contributed by atoms with Crippen LogP contribution in [0.1, 0.15) is 6.42 Å². The Balaban J connectivity index is 1.46. The Hall–Kier alpha value is -2.67. The van der Waals surface area contributed by atoms with Crippen LogP contribution < -0.4 is 10.9 Å². The third-order valence-electron chi connectivity index (χ3n) is 3.58. The zero-order valence-corrected chi connectivity index (χ0v) is 14.4. The fraction of sp³-hybridized carbons (Fsp3) is 0.222. The van der Waals surface area contributed by atoms with E-state index in [0.29, 0.717) is 17.4 Å². The van der Waals surface area contributed by atoms with Crippen LogP contribution in [-0.4, -0.2) is 33.2 Å². The van der Waals surface area contributed by atoms with E-state index in [0.717, 1.165) is 16.9 Å². The lowest BCUT2D eigenvalue weighted by atomic mass is 10.2. The second-order valence-corrected chi connectivity index (χ2v) is 6.60. The lowest BCUT2D eigenvalue weighted by Gasteiger charge is -2.07. The number of aromatic nitrogens is 3. The van der Waals surface area contributed by atoms with Gasteiger partial charge >= 0.3 is 0 Å². The van der Waals surface area contributed by atoms with Gasteiger partial charge in [0.2, 0.25) is 5.91 Å². The van der Waals surface area contributed by atoms with Gasteiger partial charge in [0.05, 0.1) is 5.39 Å². The van der Waals surface area contributed by atoms with Crippen molar-refractivity contribution in [2.75, 3.05) is 12.3 Å². The predicted octanol–water partition coefficient (Wildman–Crippen LogP) is 2.09. The van der Waals surface area contributed by atoms with Crippen LogP contribution in [-0.2, 0) is 11.3 Å². The maximum absolute atomic E-state index is 12.3. The van der Waals surface area contributed by atoms with E-state index in [4.69, 9.17) is 0 Å². The van der Waals surface area contributed by atoms with Crippen LogP contribution in [0.4, 0.5) is 0 Å². The number of benzene rings is 2. The number of nitrogens with zero attached hydrogens (tertiary/aromatic N) is 3. The summed E-state index contributed by atoms with van der Waals surface area (Å²) in [5.74, 6) is 0.677. The molecule has 0 fully saturated rings. The lowest BCUT2D eigenvalue weighted by molar-refractivity contribution is -0.121. The van der Waals surface area contributed by atoms with E-state index in [1.807, 2.05) is 18.2 Å². The molecule has 25 heavy (non-hydrogen) atoms. The standard InChI is InChI=1S/C18H18N4O2S/c23-17(19-11-6-12-25-14-7-2-1-3-8-14)13-22-18(24)15-9-4-5-10-16(15)20-21-22/h1-5,7-10H,6,11-13H2,(H,19,23). The van der Waals surface area contributed by atoms with Crippen molar-refractivity contribution < 1.29 is 4.79 Å². The Morgan fingerprint density at radius 1 is 1.08 bits per heavy atom. The highest BCUT2D eigenvalue weighted by atomic mass is 32.2. The molecule has 1 amide bonds. The van der Waals surface area contributed by atoms with E-state index in [1.165, 1.54) is 4.90 Å². The molecule has 0 radical (unpaired) electrons. The van der Waals surface area contributed by atoms with Crippen LogP contribution in [0.25, 0.3) is 10.9 Å². The number of thioether (sulfide) groups is 1. The first-order valence-electron chi connectivity index (χ1n) is 8.01. The molecule has 2 aromatic carbocycles. The molecule has 0 aliphatic rings. The van der Waals surface area contributed by atoms with Gasteiger partial charge in [0.1, 0.15) is 12.1 Å². The summed E-state index contributed by atoms with van der Waals surface area (Å²) in [6, 6.07) is 17.1. The summed E-state index contributed by atoms with van der Waals surface area (Å²) in [6.45, 7) is 0.441. The van der Waals surface area contributed by atoms with E-state index in [1.54, 1.807) is 36.0 Å². The molecule has 0 atom stereocenters. The molecule has 0 spiro atoms. The molecular weight excluding hydrogens is 336 g/mol. The SMILES string of the molecule is O=C(Cn1nnc2ccccc2c1=O)NCCCSc1ccccc1. The Morgan fingerprint density at radius 2 is 1.84 bits per heavy atom. The van der Waals surface area contributed by atoms with Crippen molar-refractivity contribution in [2.45, 2.75) is 17.9 Å². The molecule has 1 aromatic heterocycles. The van der Waals surface area contributed by atoms with Crippen molar-refractivity contribution in [3.8, 4) is 0 Å². The molecule has 1 N–H and O–H groups in total. The van der Waals surface area contributed by atoms with Crippen LogP contribution in [0.3, 0.4) is 0 Å². The molecule has 0 unspecified atom stereocenters. The van der Waals surface area contributed by atoms with Crippen molar-refractivity contribution in [2.24, 2.45) is 0 Å². The summed E-state index contributed by atoms with van der Waals surface area (Å²) in [5.41, 5.74) is 0.225. The minimum absolute atomic E-state index is 0.123. The zero-order chi connectivity index (χ0) is 17.5. The van der Waals surface area contributed by atoms with Gasteiger partial charge in [-0.3, -0.25) is 9.59 Å². The number of carbonyl (C=O) groups is 1. The topological polar surface area (TPSA) is 76.9 Å². The first kappa shape index (κ1) is 17.2. The van der Waals surface area contributed by atoms with E-state index >= 15 is 0 Å². The molecule has 3 rings (SSSR count). The highest BCUT2D eigenvalue weighted by Crippen LogP contribution is 2.17. The van der Waals surface area contributed by atoms with Crippen molar-refractivity contribution in [3.63, 3.8) is 0 Å². The second-order valence-electron chi connectivity index (χ2n) is 5.43. The third kappa shape index (κ3) is 4.67. The first-order valence-corrected chi connectivity index (χ1v) is 9.00. The molecule has 0 aliphatic heterocycles. The molecule has 0 saturated heterocycles. The van der Waals surface area contributed by atoms with Gasteiger partial charge in [-0.2, -0.15) is 0 Å². The molecule has 0 bridgehead atoms. The van der Waals surface area contributed by atoms with Gasteiger partial charge in [0.25, 0.3) is 5.56 Å². The summed E-state index contributed by atoms with van der Waals surface area (Å²) in [4.78, 5) is 25.5. The summed E-state index contributed by atoms with van der Waals surface area (Å²) < 4.78 is 1.09. The van der Waals surface area contributed by atoms with Crippen LogP contribution >= 0.6 is 11.8 Å². The summed E-state index contributed by atoms with van der Waals surface area (Å²) in [5, 5.41) is 11.1. The second kappa shape index (κ2) is 8.43. The van der Waals surface area contributed by atoms with Gasteiger partial charge < -0.3 is 5.32 Å². The monoisotopic (exact) mass is 354 g/mol. The predicted molar refractivity (Wildman–Crippen MR) is 98.6 cm³/mol. The molecule has 6 nitrogen and oxygen atoms in total. The summed E-state index contributed by atoms with van der Waals surface area (Å²) >= 11 is 1.75. The van der Waals surface area contributed by atoms with Crippen LogP contribution in [0.15, 0.2) is 64.3 Å². The fourth-order valence-corrected chi connectivity index (χ4v) is 3.20. The highest BCUT2D eigenvalue weighted by molar-refractivity contribution is 7.99. The van der Waals surface area contributed by atoms with Crippen molar-refractivity contribution >= 4 is 28.6 Å². The number of amides is 1. The van der Waals surface area contributed by atoms with Gasteiger partial charge in [-0.15, -0.1) is 16.9 Å². The van der Waals surface area contributed by atoms with Crippen LogP contribution in [0.5, 0.6) is 0 Å². The van der Waals surface area contributed by atoms with Crippen molar-refractivity contribution in [1.82, 2.24) is 20.3 Å². The minimum atomic E-state index is -0.305. The molecule has 7 heteroatoms. The molecule has 3 aromatic rings. The number of nitrogens with one attached hydrogen (secondary N) is 1.